The third-order valence-corrected chi connectivity index (χ3v) is 5.51. The molecule has 3 N–H and O–H groups in total. The standard InChI is InChI=1S/C30H36N2O4/c1-29(2,3)32-28(35)36-30(4,5)19-22-12-9-11-21(17-22)18-26(33)31-20-24-15-10-16-25(27(24)34)23-13-7-6-8-14-23/h6-17,34H,18-20H2,1-5H3,(H,31,33)(H,32,35). The van der Waals surface area contributed by atoms with Crippen LogP contribution in [0.1, 0.15) is 51.3 Å². The molecule has 3 aromatic rings. The van der Waals surface area contributed by atoms with Gasteiger partial charge in [-0.1, -0.05) is 72.8 Å². The Morgan fingerprint density at radius 2 is 1.53 bits per heavy atom. The van der Waals surface area contributed by atoms with Crippen molar-refractivity contribution in [2.24, 2.45) is 0 Å². The van der Waals surface area contributed by atoms with E-state index in [0.29, 0.717) is 12.0 Å². The molecule has 0 saturated carbocycles. The van der Waals surface area contributed by atoms with Crippen molar-refractivity contribution in [2.45, 2.75) is 65.1 Å². The van der Waals surface area contributed by atoms with Gasteiger partial charge in [-0.25, -0.2) is 4.79 Å². The Balaban J connectivity index is 1.58. The highest BCUT2D eigenvalue weighted by Crippen LogP contribution is 2.32. The van der Waals surface area contributed by atoms with E-state index in [1.165, 1.54) is 0 Å². The predicted molar refractivity (Wildman–Crippen MR) is 143 cm³/mol. The Bertz CT molecular complexity index is 1200. The molecule has 6 nitrogen and oxygen atoms in total. The summed E-state index contributed by atoms with van der Waals surface area (Å²) in [6.07, 6.45) is 0.265. The van der Waals surface area contributed by atoms with E-state index in [4.69, 9.17) is 4.74 Å². The molecule has 3 aromatic carbocycles. The molecule has 0 atom stereocenters. The van der Waals surface area contributed by atoms with E-state index in [9.17, 15) is 14.7 Å². The Kier molecular flexibility index (Phi) is 8.41. The highest BCUT2D eigenvalue weighted by atomic mass is 16.6. The van der Waals surface area contributed by atoms with Gasteiger partial charge in [-0.15, -0.1) is 0 Å². The summed E-state index contributed by atoms with van der Waals surface area (Å²) in [4.78, 5) is 24.8. The minimum atomic E-state index is -0.711. The van der Waals surface area contributed by atoms with Crippen molar-refractivity contribution >= 4 is 12.0 Å². The van der Waals surface area contributed by atoms with Crippen LogP contribution < -0.4 is 10.6 Å². The lowest BCUT2D eigenvalue weighted by Crippen LogP contribution is -2.44. The summed E-state index contributed by atoms with van der Waals surface area (Å²) in [5.41, 5.74) is 3.06. The van der Waals surface area contributed by atoms with Crippen molar-refractivity contribution in [3.8, 4) is 16.9 Å². The third-order valence-electron chi connectivity index (χ3n) is 5.51. The molecule has 0 saturated heterocycles. The van der Waals surface area contributed by atoms with Crippen LogP contribution in [-0.2, 0) is 28.9 Å². The maximum absolute atomic E-state index is 12.7. The SMILES string of the molecule is CC(C)(C)NC(=O)OC(C)(C)Cc1cccc(CC(=O)NCc2cccc(-c3ccccc3)c2O)c1. The highest BCUT2D eigenvalue weighted by Gasteiger charge is 2.26. The van der Waals surface area contributed by atoms with Gasteiger partial charge in [-0.3, -0.25) is 4.79 Å². The first kappa shape index (κ1) is 26.8. The number of phenols is 1. The zero-order valence-corrected chi connectivity index (χ0v) is 21.7. The van der Waals surface area contributed by atoms with E-state index >= 15 is 0 Å². The average Bonchev–Trinajstić information content (AvgIpc) is 2.77. The molecule has 6 heteroatoms. The Labute approximate surface area is 213 Å². The molecule has 36 heavy (non-hydrogen) atoms. The lowest BCUT2D eigenvalue weighted by molar-refractivity contribution is -0.120. The quantitative estimate of drug-likeness (QED) is 0.376. The van der Waals surface area contributed by atoms with Gasteiger partial charge in [0.15, 0.2) is 0 Å². The number of nitrogens with one attached hydrogen (secondary N) is 2. The summed E-state index contributed by atoms with van der Waals surface area (Å²) >= 11 is 0. The van der Waals surface area contributed by atoms with E-state index in [0.717, 1.165) is 22.3 Å². The Morgan fingerprint density at radius 1 is 0.861 bits per heavy atom. The van der Waals surface area contributed by atoms with Crippen molar-refractivity contribution in [2.75, 3.05) is 0 Å². The van der Waals surface area contributed by atoms with Crippen molar-refractivity contribution in [3.05, 3.63) is 89.5 Å². The first-order valence-corrected chi connectivity index (χ1v) is 12.1. The van der Waals surface area contributed by atoms with Crippen LogP contribution in [-0.4, -0.2) is 28.2 Å². The van der Waals surface area contributed by atoms with E-state index in [1.807, 2.05) is 101 Å². The second-order valence-electron chi connectivity index (χ2n) is 10.7. The topological polar surface area (TPSA) is 87.7 Å². The number of alkyl carbamates (subject to hydrolysis) is 1. The van der Waals surface area contributed by atoms with Crippen molar-refractivity contribution in [3.63, 3.8) is 0 Å². The van der Waals surface area contributed by atoms with Crippen molar-refractivity contribution in [1.29, 1.82) is 0 Å². The van der Waals surface area contributed by atoms with E-state index in [1.54, 1.807) is 6.07 Å². The normalized spacial score (nSPS) is 11.6. The third kappa shape index (κ3) is 8.15. The van der Waals surface area contributed by atoms with E-state index in [-0.39, 0.29) is 30.2 Å². The van der Waals surface area contributed by atoms with Gasteiger partial charge >= 0.3 is 6.09 Å². The number of amides is 2. The lowest BCUT2D eigenvalue weighted by Gasteiger charge is -2.28. The van der Waals surface area contributed by atoms with Crippen molar-refractivity contribution < 1.29 is 19.4 Å². The molecule has 2 amide bonds. The zero-order chi connectivity index (χ0) is 26.3. The van der Waals surface area contributed by atoms with Gasteiger partial charge in [0.2, 0.25) is 5.91 Å². The van der Waals surface area contributed by atoms with Crippen LogP contribution in [0.25, 0.3) is 11.1 Å². The van der Waals surface area contributed by atoms with Crippen LogP contribution in [0, 0.1) is 0 Å². The van der Waals surface area contributed by atoms with Crippen LogP contribution in [0.15, 0.2) is 72.8 Å². The number of benzene rings is 3. The number of carbonyl (C=O) groups is 2. The molecule has 190 valence electrons. The number of para-hydroxylation sites is 1. The Hall–Kier alpha value is -3.80. The molecule has 0 aliphatic rings. The van der Waals surface area contributed by atoms with E-state index in [2.05, 4.69) is 10.6 Å². The summed E-state index contributed by atoms with van der Waals surface area (Å²) in [6.45, 7) is 9.66. The smallest absolute Gasteiger partial charge is 0.408 e. The fourth-order valence-electron chi connectivity index (χ4n) is 3.99. The maximum Gasteiger partial charge on any atom is 0.408 e. The van der Waals surface area contributed by atoms with Crippen LogP contribution in [0.4, 0.5) is 4.79 Å². The van der Waals surface area contributed by atoms with Crippen LogP contribution in [0.2, 0.25) is 0 Å². The zero-order valence-electron chi connectivity index (χ0n) is 21.7. The van der Waals surface area contributed by atoms with Crippen LogP contribution in [0.3, 0.4) is 0 Å². The number of aromatic hydroxyl groups is 1. The van der Waals surface area contributed by atoms with Gasteiger partial charge < -0.3 is 20.5 Å². The Morgan fingerprint density at radius 3 is 2.22 bits per heavy atom. The minimum absolute atomic E-state index is 0.142. The van der Waals surface area contributed by atoms with Gasteiger partial charge in [-0.2, -0.15) is 0 Å². The lowest BCUT2D eigenvalue weighted by atomic mass is 9.96. The molecule has 0 unspecified atom stereocenters. The van der Waals surface area contributed by atoms with Gasteiger partial charge in [0.25, 0.3) is 0 Å². The van der Waals surface area contributed by atoms with E-state index < -0.39 is 11.7 Å². The molecule has 0 aliphatic heterocycles. The monoisotopic (exact) mass is 488 g/mol. The fraction of sp³-hybridized carbons (Fsp3) is 0.333. The minimum Gasteiger partial charge on any atom is -0.507 e. The summed E-state index contributed by atoms with van der Waals surface area (Å²) in [6, 6.07) is 22.9. The molecule has 0 spiro atoms. The molecule has 0 aliphatic carbocycles. The number of ether oxygens (including phenoxy) is 1. The number of phenolic OH excluding ortho intramolecular Hbond substituents is 1. The van der Waals surface area contributed by atoms with Crippen molar-refractivity contribution in [1.82, 2.24) is 10.6 Å². The number of rotatable bonds is 8. The highest BCUT2D eigenvalue weighted by molar-refractivity contribution is 5.79. The average molecular weight is 489 g/mol. The van der Waals surface area contributed by atoms with Crippen LogP contribution in [0.5, 0.6) is 5.75 Å². The first-order valence-electron chi connectivity index (χ1n) is 12.1. The molecule has 0 aromatic heterocycles. The molecular formula is C30H36N2O4. The fourth-order valence-corrected chi connectivity index (χ4v) is 3.99. The molecular weight excluding hydrogens is 452 g/mol. The second kappa shape index (κ2) is 11.3. The molecule has 0 bridgehead atoms. The number of hydrogen-bond acceptors (Lipinski definition) is 4. The summed E-state index contributed by atoms with van der Waals surface area (Å²) in [7, 11) is 0. The number of hydrogen-bond donors (Lipinski definition) is 3. The van der Waals surface area contributed by atoms with Crippen LogP contribution >= 0.6 is 0 Å². The van der Waals surface area contributed by atoms with Gasteiger partial charge in [-0.05, 0) is 51.3 Å². The summed E-state index contributed by atoms with van der Waals surface area (Å²) < 4.78 is 5.63. The largest absolute Gasteiger partial charge is 0.507 e. The molecule has 0 fully saturated rings. The molecule has 3 rings (SSSR count). The molecule has 0 heterocycles. The number of carbonyl (C=O) groups excluding carboxylic acids is 2. The van der Waals surface area contributed by atoms with Gasteiger partial charge in [0, 0.05) is 29.6 Å². The maximum atomic E-state index is 12.7. The molecule has 0 radical (unpaired) electrons. The van der Waals surface area contributed by atoms with Gasteiger partial charge in [0.1, 0.15) is 11.4 Å². The second-order valence-corrected chi connectivity index (χ2v) is 10.7. The predicted octanol–water partition coefficient (Wildman–Crippen LogP) is 5.76. The van der Waals surface area contributed by atoms with Gasteiger partial charge in [0.05, 0.1) is 6.42 Å². The first-order chi connectivity index (χ1) is 16.9. The summed E-state index contributed by atoms with van der Waals surface area (Å²) in [5.74, 6) is 0.0282. The summed E-state index contributed by atoms with van der Waals surface area (Å²) in [5, 5.41) is 16.4.